The molecule has 11 heteroatoms. The van der Waals surface area contributed by atoms with Crippen LogP contribution in [0.1, 0.15) is 27.9 Å². The third-order valence-electron chi connectivity index (χ3n) is 10.7. The number of benzene rings is 3. The van der Waals surface area contributed by atoms with Crippen molar-refractivity contribution in [2.45, 2.75) is 31.0 Å². The summed E-state index contributed by atoms with van der Waals surface area (Å²) < 4.78 is 5.52. The van der Waals surface area contributed by atoms with Crippen LogP contribution in [0.4, 0.5) is 0 Å². The first-order valence-corrected chi connectivity index (χ1v) is 16.0. The van der Waals surface area contributed by atoms with Gasteiger partial charge in [-0.2, -0.15) is 0 Å². The van der Waals surface area contributed by atoms with Crippen LogP contribution in [-0.2, 0) is 36.9 Å². The van der Waals surface area contributed by atoms with Crippen LogP contribution in [0.3, 0.4) is 0 Å². The van der Waals surface area contributed by atoms with E-state index in [9.17, 15) is 34.2 Å². The number of fused-ring (bicyclic) bond motifs is 4. The maximum Gasteiger partial charge on any atom is 0.235 e. The highest BCUT2D eigenvalue weighted by Gasteiger charge is 2.69. The van der Waals surface area contributed by atoms with Crippen molar-refractivity contribution in [3.63, 3.8) is 0 Å². The molecule has 4 N–H and O–H groups in total. The largest absolute Gasteiger partial charge is 0.507 e. The molecule has 2 unspecified atom stereocenters. The summed E-state index contributed by atoms with van der Waals surface area (Å²) in [5.41, 5.74) is 5.98. The van der Waals surface area contributed by atoms with Gasteiger partial charge in [0.1, 0.15) is 5.75 Å². The molecular formula is C36H37N3O8. The summed E-state index contributed by atoms with van der Waals surface area (Å²) in [6, 6.07) is 14.2. The second-order valence-electron chi connectivity index (χ2n) is 13.5. The molecule has 244 valence electrons. The smallest absolute Gasteiger partial charge is 0.235 e. The predicted molar refractivity (Wildman–Crippen MR) is 170 cm³/mol. The molecule has 4 aliphatic rings. The topological polar surface area (TPSA) is 168 Å². The lowest BCUT2D eigenvalue weighted by Gasteiger charge is -2.52. The lowest BCUT2D eigenvalue weighted by atomic mass is 9.52. The molecule has 1 saturated heterocycles. The third-order valence-corrected chi connectivity index (χ3v) is 10.7. The fourth-order valence-electron chi connectivity index (χ4n) is 8.59. The van der Waals surface area contributed by atoms with Crippen molar-refractivity contribution in [3.05, 3.63) is 65.2 Å². The number of rotatable bonds is 5. The number of ketones is 4. The van der Waals surface area contributed by atoms with Crippen LogP contribution in [0.5, 0.6) is 5.75 Å². The van der Waals surface area contributed by atoms with E-state index in [-0.39, 0.29) is 24.2 Å². The van der Waals surface area contributed by atoms with E-state index in [2.05, 4.69) is 17.0 Å². The highest BCUT2D eigenvalue weighted by Crippen LogP contribution is 2.52. The van der Waals surface area contributed by atoms with Crippen LogP contribution in [0.15, 0.2) is 48.5 Å². The summed E-state index contributed by atoms with van der Waals surface area (Å²) in [6.45, 7) is 3.83. The minimum Gasteiger partial charge on any atom is -0.507 e. The summed E-state index contributed by atoms with van der Waals surface area (Å²) in [5, 5.41) is 24.9. The fourth-order valence-corrected chi connectivity index (χ4v) is 8.59. The molecule has 3 aliphatic carbocycles. The molecule has 3 fully saturated rings. The van der Waals surface area contributed by atoms with Gasteiger partial charge in [0.05, 0.1) is 30.7 Å². The van der Waals surface area contributed by atoms with E-state index in [4.69, 9.17) is 10.5 Å². The number of phenolic OH excluding ortho intramolecular Hbond substituents is 1. The molecule has 0 aromatic heterocycles. The summed E-state index contributed by atoms with van der Waals surface area (Å²) in [5.74, 6) is -10.6. The van der Waals surface area contributed by atoms with Gasteiger partial charge in [0.25, 0.3) is 0 Å². The zero-order chi connectivity index (χ0) is 33.4. The zero-order valence-electron chi connectivity index (χ0n) is 26.3. The van der Waals surface area contributed by atoms with Crippen molar-refractivity contribution < 1.29 is 38.9 Å². The molecular weight excluding hydrogens is 602 g/mol. The molecule has 0 spiro atoms. The van der Waals surface area contributed by atoms with Gasteiger partial charge in [0, 0.05) is 25.6 Å². The van der Waals surface area contributed by atoms with Gasteiger partial charge in [-0.05, 0) is 71.9 Å². The molecule has 3 aromatic carbocycles. The summed E-state index contributed by atoms with van der Waals surface area (Å²) in [6.07, 6.45) is 0.192. The Bertz CT molecular complexity index is 1860. The number of morpholine rings is 1. The van der Waals surface area contributed by atoms with Gasteiger partial charge >= 0.3 is 0 Å². The molecule has 1 aliphatic heterocycles. The van der Waals surface area contributed by atoms with Crippen LogP contribution in [0.2, 0.25) is 0 Å². The fraction of sp³-hybridized carbons (Fsp3) is 0.417. The number of hydrogen-bond acceptors (Lipinski definition) is 10. The highest BCUT2D eigenvalue weighted by molar-refractivity contribution is 6.32. The van der Waals surface area contributed by atoms with Crippen LogP contribution in [-0.4, -0.2) is 101 Å². The number of ether oxygens (including phenoxy) is 1. The van der Waals surface area contributed by atoms with Crippen molar-refractivity contribution in [2.75, 3.05) is 40.4 Å². The van der Waals surface area contributed by atoms with Crippen molar-refractivity contribution in [3.8, 4) is 16.9 Å². The highest BCUT2D eigenvalue weighted by atomic mass is 16.5. The lowest BCUT2D eigenvalue weighted by Crippen LogP contribution is -2.74. The van der Waals surface area contributed by atoms with E-state index >= 15 is 0 Å². The van der Waals surface area contributed by atoms with E-state index in [0.29, 0.717) is 18.8 Å². The standard InChI is InChI=1S/C36H37N3O8/c1-38(2)30-25-16-19-15-24-23(22-8-7-18(17-39-11-13-47-14-12-39)20-5-3-4-6-21(20)22)9-10-26(40)28(24)31(41)27(19)33(43)36(25,46)34(44)29(32(30)42)35(37)45/h3-10,19,25,27,29-30,40,46H,11-17H2,1-2H3,(H2,37,45)/t19-,25-,27?,29?,30-,36-/m1/s1. The van der Waals surface area contributed by atoms with Crippen LogP contribution in [0.25, 0.3) is 21.9 Å². The molecule has 1 heterocycles. The number of likely N-dealkylation sites (N-methyl/N-ethyl adjacent to an activating group) is 1. The summed E-state index contributed by atoms with van der Waals surface area (Å²) in [4.78, 5) is 71.4. The number of nitrogens with zero attached hydrogens (tertiary/aromatic N) is 2. The van der Waals surface area contributed by atoms with E-state index in [1.807, 2.05) is 24.3 Å². The number of amides is 1. The molecule has 1 amide bonds. The molecule has 0 bridgehead atoms. The second kappa shape index (κ2) is 11.4. The Kier molecular flexibility index (Phi) is 7.63. The van der Waals surface area contributed by atoms with Gasteiger partial charge in [-0.15, -0.1) is 0 Å². The number of aromatic hydroxyl groups is 1. The number of carbonyl (C=O) groups excluding carboxylic acids is 5. The normalized spacial score (nSPS) is 29.5. The van der Waals surface area contributed by atoms with Gasteiger partial charge in [-0.25, -0.2) is 0 Å². The minimum atomic E-state index is -2.75. The van der Waals surface area contributed by atoms with Gasteiger partial charge in [0.15, 0.2) is 34.7 Å². The number of carbonyl (C=O) groups is 5. The molecule has 47 heavy (non-hydrogen) atoms. The first-order valence-electron chi connectivity index (χ1n) is 16.0. The molecule has 3 aromatic rings. The van der Waals surface area contributed by atoms with E-state index in [0.717, 1.165) is 47.1 Å². The van der Waals surface area contributed by atoms with Crippen molar-refractivity contribution in [1.29, 1.82) is 0 Å². The summed E-state index contributed by atoms with van der Waals surface area (Å²) >= 11 is 0. The Balaban J connectivity index is 1.33. The number of Topliss-reactive ketones (excluding diaryl/α,β-unsaturated/α-hetero) is 4. The molecule has 2 saturated carbocycles. The van der Waals surface area contributed by atoms with Crippen molar-refractivity contribution in [2.24, 2.45) is 29.4 Å². The average molecular weight is 640 g/mol. The third kappa shape index (κ3) is 4.67. The Morgan fingerprint density at radius 1 is 0.979 bits per heavy atom. The molecule has 6 atom stereocenters. The molecule has 7 rings (SSSR count). The first kappa shape index (κ1) is 31.3. The Morgan fingerprint density at radius 3 is 2.34 bits per heavy atom. The van der Waals surface area contributed by atoms with Crippen LogP contribution < -0.4 is 5.73 Å². The maximum atomic E-state index is 14.2. The monoisotopic (exact) mass is 639 g/mol. The Hall–Kier alpha value is -4.29. The Labute approximate surface area is 271 Å². The SMILES string of the molecule is CN(C)[C@H]1C(=O)C(C(N)=O)C(=O)[C@]2(O)C(=O)C3C(=O)c4c(O)ccc(-c5ccc(CN6CCOCC6)c6ccccc56)c4C[C@@H]3C[C@H]12. The van der Waals surface area contributed by atoms with Crippen LogP contribution in [0, 0.1) is 23.7 Å². The maximum absolute atomic E-state index is 14.2. The Morgan fingerprint density at radius 2 is 1.66 bits per heavy atom. The van der Waals surface area contributed by atoms with Crippen LogP contribution >= 0.6 is 0 Å². The first-order chi connectivity index (χ1) is 22.4. The van der Waals surface area contributed by atoms with Crippen molar-refractivity contribution in [1.82, 2.24) is 9.80 Å². The number of primary amides is 1. The van der Waals surface area contributed by atoms with Gasteiger partial charge in [0.2, 0.25) is 5.91 Å². The van der Waals surface area contributed by atoms with Gasteiger partial charge < -0.3 is 20.7 Å². The van der Waals surface area contributed by atoms with E-state index in [1.54, 1.807) is 20.2 Å². The van der Waals surface area contributed by atoms with Crippen molar-refractivity contribution >= 4 is 39.8 Å². The second-order valence-corrected chi connectivity index (χ2v) is 13.5. The van der Waals surface area contributed by atoms with E-state index in [1.165, 1.54) is 11.0 Å². The van der Waals surface area contributed by atoms with E-state index < -0.39 is 64.4 Å². The lowest BCUT2D eigenvalue weighted by molar-refractivity contribution is -0.181. The number of phenols is 1. The molecule has 0 radical (unpaired) electrons. The minimum absolute atomic E-state index is 0.00176. The predicted octanol–water partition coefficient (Wildman–Crippen LogP) is 1.52. The summed E-state index contributed by atoms with van der Waals surface area (Å²) in [7, 11) is 3.14. The number of aliphatic hydroxyl groups is 1. The number of hydrogen-bond donors (Lipinski definition) is 3. The quantitative estimate of drug-likeness (QED) is 0.348. The zero-order valence-corrected chi connectivity index (χ0v) is 26.3. The average Bonchev–Trinajstić information content (AvgIpc) is 3.03. The van der Waals surface area contributed by atoms with Gasteiger partial charge in [-0.3, -0.25) is 33.8 Å². The molecule has 11 nitrogen and oxygen atoms in total. The number of nitrogens with two attached hydrogens (primary N) is 1. The van der Waals surface area contributed by atoms with Gasteiger partial charge in [-0.1, -0.05) is 42.5 Å².